The number of likely N-dealkylation sites (tertiary alicyclic amines) is 1. The average molecular weight is 298 g/mol. The van der Waals surface area contributed by atoms with E-state index in [0.717, 1.165) is 0 Å². The van der Waals surface area contributed by atoms with E-state index in [0.29, 0.717) is 25.9 Å². The molecule has 1 saturated heterocycles. The Kier molecular flexibility index (Phi) is 3.99. The number of rotatable bonds is 2. The minimum absolute atomic E-state index is 0.132. The third-order valence-corrected chi connectivity index (χ3v) is 5.37. The van der Waals surface area contributed by atoms with Gasteiger partial charge < -0.3 is 9.47 Å². The molecule has 0 aliphatic carbocycles. The first-order valence-electron chi connectivity index (χ1n) is 6.44. The molecule has 0 bridgehead atoms. The molecular weight excluding hydrogens is 280 g/mol. The first kappa shape index (κ1) is 14.8. The Bertz CT molecular complexity index is 670. The van der Waals surface area contributed by atoms with Gasteiger partial charge in [-0.05, 0) is 25.0 Å². The van der Waals surface area contributed by atoms with Crippen molar-refractivity contribution < 1.29 is 13.2 Å². The molecule has 1 aliphatic rings. The number of carbonyl (C=O) groups excluding carboxylic acids is 1. The van der Waals surface area contributed by atoms with Crippen LogP contribution in [0, 0.1) is 0 Å². The highest BCUT2D eigenvalue weighted by Crippen LogP contribution is 2.18. The lowest BCUT2D eigenvalue weighted by molar-refractivity contribution is 0.0723. The summed E-state index contributed by atoms with van der Waals surface area (Å²) in [6.07, 6.45) is 3.67. The van der Waals surface area contributed by atoms with E-state index in [1.54, 1.807) is 24.2 Å². The molecule has 1 amide bonds. The number of nitrogens with zero attached hydrogens (tertiary/aromatic N) is 2. The fraction of sp³-hybridized carbons (Fsp3) is 0.538. The van der Waals surface area contributed by atoms with Gasteiger partial charge in [0.1, 0.15) is 15.4 Å². The monoisotopic (exact) mass is 298 g/mol. The number of aryl methyl sites for hydroxylation is 1. The summed E-state index contributed by atoms with van der Waals surface area (Å²) in [7, 11) is -1.47. The number of pyridine rings is 1. The first-order chi connectivity index (χ1) is 9.30. The van der Waals surface area contributed by atoms with Crippen molar-refractivity contribution in [1.29, 1.82) is 0 Å². The molecular formula is C13H18N2O4S. The van der Waals surface area contributed by atoms with Gasteiger partial charge in [-0.25, -0.2) is 8.42 Å². The third kappa shape index (κ3) is 2.92. The van der Waals surface area contributed by atoms with Crippen molar-refractivity contribution in [3.8, 4) is 0 Å². The summed E-state index contributed by atoms with van der Waals surface area (Å²) in [5.74, 6) is -0.321. The molecule has 1 fully saturated rings. The Labute approximate surface area is 117 Å². The van der Waals surface area contributed by atoms with Gasteiger partial charge in [-0.1, -0.05) is 0 Å². The minimum Gasteiger partial charge on any atom is -0.338 e. The van der Waals surface area contributed by atoms with Crippen LogP contribution in [0.4, 0.5) is 0 Å². The summed E-state index contributed by atoms with van der Waals surface area (Å²) in [4.78, 5) is 25.7. The van der Waals surface area contributed by atoms with Gasteiger partial charge in [-0.15, -0.1) is 0 Å². The SMILES string of the molecule is Cn1cccc(C(=O)N2CCC(S(C)(=O)=O)CC2)c1=O. The third-order valence-electron chi connectivity index (χ3n) is 3.69. The van der Waals surface area contributed by atoms with E-state index in [1.165, 1.54) is 16.9 Å². The van der Waals surface area contributed by atoms with Crippen molar-refractivity contribution in [2.24, 2.45) is 7.05 Å². The lowest BCUT2D eigenvalue weighted by Crippen LogP contribution is -2.44. The van der Waals surface area contributed by atoms with Crippen LogP contribution in [0.25, 0.3) is 0 Å². The Morgan fingerprint density at radius 3 is 2.45 bits per heavy atom. The second-order valence-electron chi connectivity index (χ2n) is 5.16. The van der Waals surface area contributed by atoms with Crippen molar-refractivity contribution in [3.63, 3.8) is 0 Å². The molecule has 0 aromatic carbocycles. The van der Waals surface area contributed by atoms with Crippen molar-refractivity contribution >= 4 is 15.7 Å². The molecule has 1 aromatic heterocycles. The lowest BCUT2D eigenvalue weighted by atomic mass is 10.1. The number of carbonyl (C=O) groups is 1. The molecule has 0 spiro atoms. The van der Waals surface area contributed by atoms with Crippen LogP contribution in [0.1, 0.15) is 23.2 Å². The van der Waals surface area contributed by atoms with Crippen LogP contribution < -0.4 is 5.56 Å². The van der Waals surface area contributed by atoms with Crippen LogP contribution in [0.5, 0.6) is 0 Å². The number of hydrogen-bond donors (Lipinski definition) is 0. The Balaban J connectivity index is 2.13. The number of hydrogen-bond acceptors (Lipinski definition) is 4. The fourth-order valence-corrected chi connectivity index (χ4v) is 3.48. The van der Waals surface area contributed by atoms with Crippen molar-refractivity contribution in [1.82, 2.24) is 9.47 Å². The van der Waals surface area contributed by atoms with Gasteiger partial charge in [0.2, 0.25) is 0 Å². The predicted molar refractivity (Wildman–Crippen MR) is 75.5 cm³/mol. The zero-order valence-electron chi connectivity index (χ0n) is 11.6. The maximum Gasteiger partial charge on any atom is 0.263 e. The molecule has 0 atom stereocenters. The van der Waals surface area contributed by atoms with Gasteiger partial charge in [0.25, 0.3) is 11.5 Å². The molecule has 1 aromatic rings. The van der Waals surface area contributed by atoms with Crippen LogP contribution >= 0.6 is 0 Å². The summed E-state index contributed by atoms with van der Waals surface area (Å²) >= 11 is 0. The number of amides is 1. The summed E-state index contributed by atoms with van der Waals surface area (Å²) in [6.45, 7) is 0.739. The van der Waals surface area contributed by atoms with E-state index in [2.05, 4.69) is 0 Å². The van der Waals surface area contributed by atoms with Crippen LogP contribution in [0.3, 0.4) is 0 Å². The molecule has 20 heavy (non-hydrogen) atoms. The van der Waals surface area contributed by atoms with Crippen molar-refractivity contribution in [3.05, 3.63) is 34.2 Å². The molecule has 0 N–H and O–H groups in total. The van der Waals surface area contributed by atoms with E-state index in [-0.39, 0.29) is 22.3 Å². The average Bonchev–Trinajstić information content (AvgIpc) is 2.40. The Hall–Kier alpha value is -1.63. The molecule has 110 valence electrons. The van der Waals surface area contributed by atoms with Gasteiger partial charge in [0.15, 0.2) is 0 Å². The molecule has 0 saturated carbocycles. The maximum atomic E-state index is 12.3. The summed E-state index contributed by atoms with van der Waals surface area (Å²) in [5, 5.41) is -0.384. The quantitative estimate of drug-likeness (QED) is 0.772. The fourth-order valence-electron chi connectivity index (χ4n) is 2.42. The molecule has 0 unspecified atom stereocenters. The summed E-state index contributed by atoms with van der Waals surface area (Å²) < 4.78 is 24.3. The summed E-state index contributed by atoms with van der Waals surface area (Å²) in [5.41, 5.74) is -0.199. The zero-order valence-corrected chi connectivity index (χ0v) is 12.4. The normalized spacial score (nSPS) is 17.2. The molecule has 2 heterocycles. The van der Waals surface area contributed by atoms with Crippen LogP contribution in [-0.4, -0.2) is 48.4 Å². The maximum absolute atomic E-state index is 12.3. The highest BCUT2D eigenvalue weighted by Gasteiger charge is 2.29. The Morgan fingerprint density at radius 1 is 1.30 bits per heavy atom. The highest BCUT2D eigenvalue weighted by molar-refractivity contribution is 7.91. The van der Waals surface area contributed by atoms with Gasteiger partial charge in [0.05, 0.1) is 5.25 Å². The molecule has 2 rings (SSSR count). The molecule has 1 aliphatic heterocycles. The second-order valence-corrected chi connectivity index (χ2v) is 7.48. The van der Waals surface area contributed by atoms with Crippen molar-refractivity contribution in [2.45, 2.75) is 18.1 Å². The Morgan fingerprint density at radius 2 is 1.90 bits per heavy atom. The van der Waals surface area contributed by atoms with Crippen molar-refractivity contribution in [2.75, 3.05) is 19.3 Å². The number of piperidine rings is 1. The topological polar surface area (TPSA) is 76.5 Å². The number of aromatic nitrogens is 1. The predicted octanol–water partition coefficient (Wildman–Crippen LogP) is 0.0345. The van der Waals surface area contributed by atoms with E-state index in [9.17, 15) is 18.0 Å². The van der Waals surface area contributed by atoms with Gasteiger partial charge >= 0.3 is 0 Å². The molecule has 6 nitrogen and oxygen atoms in total. The van der Waals surface area contributed by atoms with Crippen LogP contribution in [0.2, 0.25) is 0 Å². The number of sulfone groups is 1. The van der Waals surface area contributed by atoms with Gasteiger partial charge in [-0.2, -0.15) is 0 Å². The summed E-state index contributed by atoms with van der Waals surface area (Å²) in [6, 6.07) is 3.16. The van der Waals surface area contributed by atoms with Gasteiger partial charge in [-0.3, -0.25) is 9.59 Å². The second kappa shape index (κ2) is 5.40. The molecule has 7 heteroatoms. The molecule has 0 radical (unpaired) electrons. The minimum atomic E-state index is -3.06. The van der Waals surface area contributed by atoms with Gasteiger partial charge in [0, 0.05) is 32.6 Å². The van der Waals surface area contributed by atoms with Crippen LogP contribution in [0.15, 0.2) is 23.1 Å². The highest BCUT2D eigenvalue weighted by atomic mass is 32.2. The largest absolute Gasteiger partial charge is 0.338 e. The standard InChI is InChI=1S/C13H18N2O4S/c1-14-7-3-4-11(12(14)16)13(17)15-8-5-10(6-9-15)20(2,18)19/h3-4,7,10H,5-6,8-9H2,1-2H3. The van der Waals surface area contributed by atoms with Crippen LogP contribution in [-0.2, 0) is 16.9 Å². The lowest BCUT2D eigenvalue weighted by Gasteiger charge is -2.31. The van der Waals surface area contributed by atoms with E-state index in [1.807, 2.05) is 0 Å². The van der Waals surface area contributed by atoms with E-state index in [4.69, 9.17) is 0 Å². The zero-order chi connectivity index (χ0) is 14.9. The van der Waals surface area contributed by atoms with E-state index < -0.39 is 9.84 Å². The smallest absolute Gasteiger partial charge is 0.263 e. The first-order valence-corrected chi connectivity index (χ1v) is 8.40. The van der Waals surface area contributed by atoms with E-state index >= 15 is 0 Å².